The van der Waals surface area contributed by atoms with Crippen LogP contribution in [0.2, 0.25) is 0 Å². The maximum atomic E-state index is 8.66. The van der Waals surface area contributed by atoms with Gasteiger partial charge in [-0.2, -0.15) is 0 Å². The predicted octanol–water partition coefficient (Wildman–Crippen LogP) is -1.83. The molecule has 0 aliphatic rings. The van der Waals surface area contributed by atoms with Gasteiger partial charge in [-0.15, -0.1) is 0 Å². The van der Waals surface area contributed by atoms with Gasteiger partial charge >= 0.3 is 36.0 Å². The Morgan fingerprint density at radius 1 is 1.00 bits per heavy atom. The van der Waals surface area contributed by atoms with Gasteiger partial charge in [-0.1, -0.05) is 6.92 Å². The van der Waals surface area contributed by atoms with Crippen molar-refractivity contribution in [2.75, 3.05) is 19.8 Å². The molecule has 0 saturated heterocycles. The first-order chi connectivity index (χ1) is 6.24. The molecule has 6 nitrogen and oxygen atoms in total. The van der Waals surface area contributed by atoms with E-state index in [9.17, 15) is 0 Å². The van der Waals surface area contributed by atoms with E-state index in [0.29, 0.717) is 6.42 Å². The molecule has 0 aliphatic carbocycles. The van der Waals surface area contributed by atoms with Crippen LogP contribution >= 0.6 is 6.19 Å². The van der Waals surface area contributed by atoms with Crippen molar-refractivity contribution in [3.63, 3.8) is 0 Å². The van der Waals surface area contributed by atoms with Gasteiger partial charge in [0.05, 0.1) is 19.8 Å². The van der Waals surface area contributed by atoms with Crippen molar-refractivity contribution < 1.29 is 30.0 Å². The molecule has 0 heterocycles. The van der Waals surface area contributed by atoms with Crippen LogP contribution in [0.25, 0.3) is 0 Å². The van der Waals surface area contributed by atoms with E-state index in [0.717, 1.165) is 0 Å². The fourth-order valence-electron chi connectivity index (χ4n) is 0.485. The number of rotatable bonds is 4. The van der Waals surface area contributed by atoms with Crippen LogP contribution < -0.4 is 0 Å². The van der Waals surface area contributed by atoms with E-state index in [1.165, 1.54) is 0 Å². The van der Waals surface area contributed by atoms with E-state index >= 15 is 0 Å². The second-order valence-corrected chi connectivity index (χ2v) is 6.95. The third kappa shape index (κ3) is 10.8. The minimum atomic E-state index is -3.51. The van der Waals surface area contributed by atoms with Crippen molar-refractivity contribution in [1.82, 2.24) is 0 Å². The molecule has 14 heavy (non-hydrogen) atoms. The molecule has 0 spiro atoms. The Kier molecular flexibility index (Phi) is 9.70. The summed E-state index contributed by atoms with van der Waals surface area (Å²) in [5, 5.41) is 26.0. The van der Waals surface area contributed by atoms with Crippen LogP contribution in [0.4, 0.5) is 0 Å². The summed E-state index contributed by atoms with van der Waals surface area (Å²) in [5.74, 6) is 0. The van der Waals surface area contributed by atoms with Crippen LogP contribution in [-0.2, 0) is 0 Å². The zero-order valence-corrected chi connectivity index (χ0v) is 10.5. The molecule has 0 rings (SSSR count). The van der Waals surface area contributed by atoms with Gasteiger partial charge in [-0.25, -0.2) is 0 Å². The molecule has 0 aromatic carbocycles. The standard InChI is InChI=1S/C6H14O3.H3O3PSe/c1-2-6(3-7,4-8)5-9;1-4(2,3)5/h7-9H,2-5H2,1H3;(H3,1,2,3,5). The summed E-state index contributed by atoms with van der Waals surface area (Å²) in [6, 6.07) is 0. The van der Waals surface area contributed by atoms with E-state index in [2.05, 4.69) is 0 Å². The first-order valence-electron chi connectivity index (χ1n) is 3.85. The molecular weight excluding hydrogens is 278 g/mol. The van der Waals surface area contributed by atoms with Crippen LogP contribution in [0.3, 0.4) is 0 Å². The number of hydrogen-bond donors (Lipinski definition) is 6. The summed E-state index contributed by atoms with van der Waals surface area (Å²) in [6.07, 6.45) is -2.92. The maximum absolute atomic E-state index is 8.66. The van der Waals surface area contributed by atoms with Crippen LogP contribution in [0, 0.1) is 5.41 Å². The van der Waals surface area contributed by atoms with Gasteiger partial charge in [0.1, 0.15) is 0 Å². The van der Waals surface area contributed by atoms with Crippen molar-refractivity contribution in [3.05, 3.63) is 0 Å². The quantitative estimate of drug-likeness (QED) is 0.268. The van der Waals surface area contributed by atoms with Crippen molar-refractivity contribution in [1.29, 1.82) is 0 Å². The first kappa shape index (κ1) is 17.1. The van der Waals surface area contributed by atoms with E-state index in [-0.39, 0.29) is 19.8 Å². The topological polar surface area (TPSA) is 121 Å². The summed E-state index contributed by atoms with van der Waals surface area (Å²) in [5.41, 5.74) is -0.667. The molecule has 0 aromatic rings. The molecule has 6 N–H and O–H groups in total. The van der Waals surface area contributed by atoms with Gasteiger partial charge in [0, 0.05) is 5.41 Å². The second-order valence-electron chi connectivity index (χ2n) is 2.84. The number of hydrogen-bond acceptors (Lipinski definition) is 6. The normalized spacial score (nSPS) is 11.9. The first-order valence-corrected chi connectivity index (χ1v) is 7.72. The monoisotopic (exact) mass is 296 g/mol. The average Bonchev–Trinajstić information content (AvgIpc) is 2.07. The molecule has 0 saturated carbocycles. The van der Waals surface area contributed by atoms with Crippen molar-refractivity contribution >= 4 is 21.3 Å². The van der Waals surface area contributed by atoms with Crippen LogP contribution in [0.5, 0.6) is 0 Å². The van der Waals surface area contributed by atoms with Gasteiger partial charge in [0.15, 0.2) is 0 Å². The third-order valence-corrected chi connectivity index (χ3v) is 1.76. The molecule has 0 radical (unpaired) electrons. The molecule has 0 aliphatic heterocycles. The molecule has 0 bridgehead atoms. The molecule has 0 fully saturated rings. The fraction of sp³-hybridized carbons (Fsp3) is 1.00. The molecule has 88 valence electrons. The van der Waals surface area contributed by atoms with Crippen LogP contribution in [0.1, 0.15) is 13.3 Å². The van der Waals surface area contributed by atoms with Crippen LogP contribution in [-0.4, -0.2) is 64.9 Å². The summed E-state index contributed by atoms with van der Waals surface area (Å²) in [4.78, 5) is 23.1. The van der Waals surface area contributed by atoms with E-state index in [4.69, 9.17) is 30.0 Å². The van der Waals surface area contributed by atoms with Gasteiger partial charge in [-0.3, -0.25) is 0 Å². The molecule has 0 amide bonds. The molecule has 0 aromatic heterocycles. The zero-order valence-electron chi connectivity index (χ0n) is 7.87. The number of aliphatic hydroxyl groups excluding tert-OH is 3. The molecular formula is C6H17O6PSe. The Morgan fingerprint density at radius 2 is 1.21 bits per heavy atom. The van der Waals surface area contributed by atoms with Crippen LogP contribution in [0.15, 0.2) is 0 Å². The van der Waals surface area contributed by atoms with Gasteiger partial charge in [-0.05, 0) is 6.42 Å². The Bertz CT molecular complexity index is 151. The summed E-state index contributed by atoms with van der Waals surface area (Å²) in [7, 11) is 0. The van der Waals surface area contributed by atoms with Gasteiger partial charge in [0.2, 0.25) is 0 Å². The Labute approximate surface area is 90.3 Å². The molecule has 0 atom stereocenters. The summed E-state index contributed by atoms with van der Waals surface area (Å²) >= 11 is 1.76. The fourth-order valence-corrected chi connectivity index (χ4v) is 0.485. The van der Waals surface area contributed by atoms with E-state index in [1.807, 2.05) is 6.92 Å². The Balaban J connectivity index is 0. The SMILES string of the molecule is CCC(CO)(CO)CO.OP(O)(O)=[Se]. The van der Waals surface area contributed by atoms with E-state index < -0.39 is 11.6 Å². The van der Waals surface area contributed by atoms with Crippen molar-refractivity contribution in [3.8, 4) is 0 Å². The number of aliphatic hydroxyl groups is 3. The average molecular weight is 295 g/mol. The van der Waals surface area contributed by atoms with Crippen molar-refractivity contribution in [2.45, 2.75) is 13.3 Å². The van der Waals surface area contributed by atoms with Crippen molar-refractivity contribution in [2.24, 2.45) is 5.41 Å². The predicted molar refractivity (Wildman–Crippen MR) is 53.3 cm³/mol. The van der Waals surface area contributed by atoms with Gasteiger partial charge < -0.3 is 15.3 Å². The minimum absolute atomic E-state index is 0.156. The van der Waals surface area contributed by atoms with Gasteiger partial charge in [0.25, 0.3) is 0 Å². The Morgan fingerprint density at radius 3 is 1.21 bits per heavy atom. The molecule has 8 heteroatoms. The second kappa shape index (κ2) is 7.93. The third-order valence-electron chi connectivity index (χ3n) is 1.76. The zero-order chi connectivity index (χ0) is 11.8. The van der Waals surface area contributed by atoms with E-state index in [1.54, 1.807) is 15.1 Å². The summed E-state index contributed by atoms with van der Waals surface area (Å²) < 4.78 is 0. The Hall–Kier alpha value is 0.709. The molecule has 0 unspecified atom stereocenters. The summed E-state index contributed by atoms with van der Waals surface area (Å²) in [6.45, 7) is 1.35.